The summed E-state index contributed by atoms with van der Waals surface area (Å²) in [5.41, 5.74) is 5.68. The first-order valence-corrected chi connectivity index (χ1v) is 7.47. The van der Waals surface area contributed by atoms with Crippen LogP contribution in [0.3, 0.4) is 0 Å². The highest BCUT2D eigenvalue weighted by Gasteiger charge is 2.14. The third kappa shape index (κ3) is 7.05. The molecule has 0 rings (SSSR count). The lowest BCUT2D eigenvalue weighted by molar-refractivity contribution is 0.214. The fraction of sp³-hybridized carbons (Fsp3) is 1.00. The second-order valence-corrected chi connectivity index (χ2v) is 5.67. The molecule has 0 heterocycles. The van der Waals surface area contributed by atoms with Gasteiger partial charge in [-0.1, -0.05) is 27.7 Å². The van der Waals surface area contributed by atoms with Gasteiger partial charge in [-0.2, -0.15) is 0 Å². The molecule has 0 saturated heterocycles. The summed E-state index contributed by atoms with van der Waals surface area (Å²) in [6.45, 7) is 11.3. The minimum atomic E-state index is 0.766. The minimum absolute atomic E-state index is 0.766. The van der Waals surface area contributed by atoms with Crippen molar-refractivity contribution >= 4 is 0 Å². The van der Waals surface area contributed by atoms with Crippen LogP contribution in [-0.2, 0) is 0 Å². The summed E-state index contributed by atoms with van der Waals surface area (Å²) in [6, 6.07) is 0.766. The van der Waals surface area contributed by atoms with E-state index in [1.54, 1.807) is 0 Å². The zero-order valence-electron chi connectivity index (χ0n) is 12.7. The maximum Gasteiger partial charge on any atom is 0.00869 e. The lowest BCUT2D eigenvalue weighted by Gasteiger charge is -2.27. The average molecular weight is 242 g/mol. The molecule has 0 aromatic heterocycles. The zero-order valence-corrected chi connectivity index (χ0v) is 12.7. The molecule has 0 spiro atoms. The van der Waals surface area contributed by atoms with Crippen molar-refractivity contribution in [1.82, 2.24) is 4.90 Å². The summed E-state index contributed by atoms with van der Waals surface area (Å²) in [7, 11) is 2.27. The Morgan fingerprint density at radius 2 is 1.65 bits per heavy atom. The Morgan fingerprint density at radius 3 is 2.06 bits per heavy atom. The van der Waals surface area contributed by atoms with Crippen molar-refractivity contribution < 1.29 is 0 Å². The fourth-order valence-corrected chi connectivity index (χ4v) is 2.72. The molecule has 104 valence electrons. The molecule has 0 saturated carbocycles. The number of hydrogen-bond donors (Lipinski definition) is 1. The van der Waals surface area contributed by atoms with E-state index in [1.807, 2.05) is 0 Å². The molecule has 0 aromatic rings. The monoisotopic (exact) mass is 242 g/mol. The van der Waals surface area contributed by atoms with Crippen LogP contribution < -0.4 is 5.73 Å². The highest BCUT2D eigenvalue weighted by Crippen LogP contribution is 2.20. The molecular formula is C15H34N2. The van der Waals surface area contributed by atoms with Gasteiger partial charge < -0.3 is 10.6 Å². The summed E-state index contributed by atoms with van der Waals surface area (Å²) in [5.74, 6) is 1.59. The van der Waals surface area contributed by atoms with Crippen molar-refractivity contribution in [3.63, 3.8) is 0 Å². The van der Waals surface area contributed by atoms with Crippen LogP contribution >= 0.6 is 0 Å². The fourth-order valence-electron chi connectivity index (χ4n) is 2.72. The summed E-state index contributed by atoms with van der Waals surface area (Å²) >= 11 is 0. The molecule has 0 amide bonds. The van der Waals surface area contributed by atoms with Crippen LogP contribution in [-0.4, -0.2) is 31.1 Å². The summed E-state index contributed by atoms with van der Waals surface area (Å²) in [5, 5.41) is 0. The summed E-state index contributed by atoms with van der Waals surface area (Å²) in [6.07, 6.45) is 6.37. The van der Waals surface area contributed by atoms with Gasteiger partial charge in [0, 0.05) is 6.04 Å². The molecule has 0 fully saturated rings. The number of hydrogen-bond acceptors (Lipinski definition) is 2. The highest BCUT2D eigenvalue weighted by atomic mass is 15.1. The molecular weight excluding hydrogens is 208 g/mol. The van der Waals surface area contributed by atoms with E-state index in [2.05, 4.69) is 39.6 Å². The summed E-state index contributed by atoms with van der Waals surface area (Å²) in [4.78, 5) is 2.53. The number of nitrogens with two attached hydrogens (primary N) is 1. The molecule has 0 aromatic carbocycles. The van der Waals surface area contributed by atoms with Crippen LogP contribution in [0.2, 0.25) is 0 Å². The SMILES string of the molecule is CCC(CC)N(C)CCCC(CCN)C(C)C. The molecule has 0 aliphatic rings. The van der Waals surface area contributed by atoms with Gasteiger partial charge in [-0.25, -0.2) is 0 Å². The van der Waals surface area contributed by atoms with E-state index in [0.717, 1.165) is 24.4 Å². The van der Waals surface area contributed by atoms with Gasteiger partial charge in [0.25, 0.3) is 0 Å². The molecule has 2 nitrogen and oxygen atoms in total. The van der Waals surface area contributed by atoms with Gasteiger partial charge >= 0.3 is 0 Å². The lowest BCUT2D eigenvalue weighted by atomic mass is 9.88. The van der Waals surface area contributed by atoms with E-state index in [9.17, 15) is 0 Å². The first-order valence-electron chi connectivity index (χ1n) is 7.47. The quantitative estimate of drug-likeness (QED) is 0.635. The number of rotatable bonds is 10. The molecule has 0 aliphatic heterocycles. The van der Waals surface area contributed by atoms with E-state index in [0.29, 0.717) is 0 Å². The van der Waals surface area contributed by atoms with Crippen molar-refractivity contribution in [3.8, 4) is 0 Å². The van der Waals surface area contributed by atoms with Crippen molar-refractivity contribution in [2.75, 3.05) is 20.1 Å². The molecule has 0 radical (unpaired) electrons. The average Bonchev–Trinajstić information content (AvgIpc) is 2.29. The van der Waals surface area contributed by atoms with E-state index in [1.165, 1.54) is 38.6 Å². The van der Waals surface area contributed by atoms with Crippen LogP contribution in [0.1, 0.15) is 59.8 Å². The van der Waals surface area contributed by atoms with Crippen LogP contribution in [0.4, 0.5) is 0 Å². The van der Waals surface area contributed by atoms with Gasteiger partial charge in [0.1, 0.15) is 0 Å². The third-order valence-corrected chi connectivity index (χ3v) is 4.13. The molecule has 17 heavy (non-hydrogen) atoms. The van der Waals surface area contributed by atoms with Crippen LogP contribution in [0.25, 0.3) is 0 Å². The molecule has 2 N–H and O–H groups in total. The Kier molecular flexibility index (Phi) is 9.85. The Balaban J connectivity index is 3.86. The lowest BCUT2D eigenvalue weighted by Crippen LogP contribution is -2.31. The van der Waals surface area contributed by atoms with Gasteiger partial charge in [-0.05, 0) is 64.1 Å². The highest BCUT2D eigenvalue weighted by molar-refractivity contribution is 4.68. The van der Waals surface area contributed by atoms with Gasteiger partial charge in [0.05, 0.1) is 0 Å². The van der Waals surface area contributed by atoms with Crippen LogP contribution in [0.15, 0.2) is 0 Å². The second kappa shape index (κ2) is 9.90. The largest absolute Gasteiger partial charge is 0.330 e. The Morgan fingerprint density at radius 1 is 1.06 bits per heavy atom. The first kappa shape index (κ1) is 16.9. The van der Waals surface area contributed by atoms with Crippen molar-refractivity contribution in [3.05, 3.63) is 0 Å². The summed E-state index contributed by atoms with van der Waals surface area (Å²) < 4.78 is 0. The first-order chi connectivity index (χ1) is 8.06. The second-order valence-electron chi connectivity index (χ2n) is 5.67. The Bertz CT molecular complexity index is 164. The maximum absolute atomic E-state index is 5.68. The van der Waals surface area contributed by atoms with Crippen LogP contribution in [0, 0.1) is 11.8 Å². The van der Waals surface area contributed by atoms with E-state index in [-0.39, 0.29) is 0 Å². The Hall–Kier alpha value is -0.0800. The minimum Gasteiger partial charge on any atom is -0.330 e. The normalized spacial score (nSPS) is 13.9. The predicted molar refractivity (Wildman–Crippen MR) is 78.2 cm³/mol. The molecule has 0 aliphatic carbocycles. The zero-order chi connectivity index (χ0) is 13.3. The molecule has 1 unspecified atom stereocenters. The van der Waals surface area contributed by atoms with Gasteiger partial charge in [-0.15, -0.1) is 0 Å². The smallest absolute Gasteiger partial charge is 0.00869 e. The molecule has 2 heteroatoms. The van der Waals surface area contributed by atoms with Crippen molar-refractivity contribution in [2.24, 2.45) is 17.6 Å². The molecule has 0 bridgehead atoms. The number of nitrogens with zero attached hydrogens (tertiary/aromatic N) is 1. The van der Waals surface area contributed by atoms with Gasteiger partial charge in [0.15, 0.2) is 0 Å². The van der Waals surface area contributed by atoms with Crippen LogP contribution in [0.5, 0.6) is 0 Å². The molecule has 1 atom stereocenters. The van der Waals surface area contributed by atoms with E-state index in [4.69, 9.17) is 5.73 Å². The van der Waals surface area contributed by atoms with E-state index >= 15 is 0 Å². The van der Waals surface area contributed by atoms with Gasteiger partial charge in [0.2, 0.25) is 0 Å². The maximum atomic E-state index is 5.68. The van der Waals surface area contributed by atoms with Crippen molar-refractivity contribution in [2.45, 2.75) is 65.8 Å². The van der Waals surface area contributed by atoms with Gasteiger partial charge in [-0.3, -0.25) is 0 Å². The Labute approximate surface area is 109 Å². The van der Waals surface area contributed by atoms with E-state index < -0.39 is 0 Å². The topological polar surface area (TPSA) is 29.3 Å². The standard InChI is InChI=1S/C15H34N2/c1-6-15(7-2)17(5)12-8-9-14(10-11-16)13(3)4/h13-15H,6-12,16H2,1-5H3. The van der Waals surface area contributed by atoms with Crippen molar-refractivity contribution in [1.29, 1.82) is 0 Å². The predicted octanol–water partition coefficient (Wildman–Crippen LogP) is 3.51. The third-order valence-electron chi connectivity index (χ3n) is 4.13.